The second kappa shape index (κ2) is 6.46. The summed E-state index contributed by atoms with van der Waals surface area (Å²) in [6.45, 7) is 0. The minimum absolute atomic E-state index is 0.369. The van der Waals surface area contributed by atoms with E-state index in [-0.39, 0.29) is 0 Å². The van der Waals surface area contributed by atoms with Gasteiger partial charge in [0.1, 0.15) is 5.75 Å². The van der Waals surface area contributed by atoms with Gasteiger partial charge >= 0.3 is 0 Å². The molecule has 1 aromatic rings. The third-order valence-corrected chi connectivity index (χ3v) is 5.05. The molecule has 0 heterocycles. The van der Waals surface area contributed by atoms with Gasteiger partial charge in [-0.1, -0.05) is 25.0 Å². The average molecular weight is 284 g/mol. The summed E-state index contributed by atoms with van der Waals surface area (Å²) in [5, 5.41) is 0. The van der Waals surface area contributed by atoms with Crippen molar-refractivity contribution in [3.8, 4) is 5.75 Å². The lowest BCUT2D eigenvalue weighted by Crippen LogP contribution is -2.24. The number of carbonyl (C=O) groups excluding carboxylic acids is 1. The SMILES string of the molecule is COc1ccc(/C=C2\C(=O)CCCC2C2CCCC2)cc1. The Bertz CT molecular complexity index is 521. The van der Waals surface area contributed by atoms with Crippen molar-refractivity contribution >= 4 is 11.9 Å². The smallest absolute Gasteiger partial charge is 0.159 e. The molecule has 0 aliphatic heterocycles. The number of ketones is 1. The van der Waals surface area contributed by atoms with E-state index in [4.69, 9.17) is 4.74 Å². The first-order valence-electron chi connectivity index (χ1n) is 8.17. The molecule has 0 spiro atoms. The van der Waals surface area contributed by atoms with Crippen LogP contribution in [-0.2, 0) is 4.79 Å². The molecule has 3 rings (SSSR count). The van der Waals surface area contributed by atoms with Crippen molar-refractivity contribution in [3.05, 3.63) is 35.4 Å². The fourth-order valence-corrected chi connectivity index (χ4v) is 3.91. The van der Waals surface area contributed by atoms with Crippen molar-refractivity contribution in [1.82, 2.24) is 0 Å². The van der Waals surface area contributed by atoms with E-state index in [1.165, 1.54) is 32.1 Å². The minimum atomic E-state index is 0.369. The van der Waals surface area contributed by atoms with Gasteiger partial charge in [0.15, 0.2) is 5.78 Å². The van der Waals surface area contributed by atoms with E-state index in [9.17, 15) is 4.79 Å². The average Bonchev–Trinajstić information content (AvgIpc) is 3.04. The monoisotopic (exact) mass is 284 g/mol. The lowest BCUT2D eigenvalue weighted by Gasteiger charge is -2.29. The van der Waals surface area contributed by atoms with Crippen molar-refractivity contribution in [3.63, 3.8) is 0 Å². The highest BCUT2D eigenvalue weighted by atomic mass is 16.5. The van der Waals surface area contributed by atoms with Crippen LogP contribution >= 0.6 is 0 Å². The van der Waals surface area contributed by atoms with Gasteiger partial charge in [-0.25, -0.2) is 0 Å². The molecule has 2 aliphatic carbocycles. The van der Waals surface area contributed by atoms with Crippen LogP contribution in [0.1, 0.15) is 50.5 Å². The van der Waals surface area contributed by atoms with Crippen molar-refractivity contribution < 1.29 is 9.53 Å². The first-order chi connectivity index (χ1) is 10.3. The summed E-state index contributed by atoms with van der Waals surface area (Å²) >= 11 is 0. The number of ether oxygens (including phenoxy) is 1. The number of allylic oxidation sites excluding steroid dienone is 1. The predicted molar refractivity (Wildman–Crippen MR) is 85.3 cm³/mol. The molecule has 0 radical (unpaired) electrons. The van der Waals surface area contributed by atoms with E-state index in [2.05, 4.69) is 6.08 Å². The molecule has 2 fully saturated rings. The fraction of sp³-hybridized carbons (Fsp3) is 0.526. The molecule has 21 heavy (non-hydrogen) atoms. The maximum absolute atomic E-state index is 12.4. The second-order valence-corrected chi connectivity index (χ2v) is 6.34. The Hall–Kier alpha value is -1.57. The molecule has 0 N–H and O–H groups in total. The number of hydrogen-bond donors (Lipinski definition) is 0. The molecule has 2 aliphatic rings. The van der Waals surface area contributed by atoms with Gasteiger partial charge in [-0.05, 0) is 66.9 Å². The van der Waals surface area contributed by atoms with Crippen molar-refractivity contribution in [1.29, 1.82) is 0 Å². The summed E-state index contributed by atoms with van der Waals surface area (Å²) < 4.78 is 5.20. The van der Waals surface area contributed by atoms with Crippen LogP contribution in [0.15, 0.2) is 29.8 Å². The molecule has 2 nitrogen and oxygen atoms in total. The minimum Gasteiger partial charge on any atom is -0.497 e. The molecule has 2 saturated carbocycles. The Labute approximate surface area is 127 Å². The topological polar surface area (TPSA) is 26.3 Å². The maximum Gasteiger partial charge on any atom is 0.159 e. The van der Waals surface area contributed by atoms with E-state index in [0.29, 0.717) is 11.7 Å². The highest BCUT2D eigenvalue weighted by Gasteiger charge is 2.33. The van der Waals surface area contributed by atoms with Crippen molar-refractivity contribution in [2.45, 2.75) is 44.9 Å². The third-order valence-electron chi connectivity index (χ3n) is 5.05. The van der Waals surface area contributed by atoms with Crippen LogP contribution < -0.4 is 4.74 Å². The number of hydrogen-bond acceptors (Lipinski definition) is 2. The Kier molecular flexibility index (Phi) is 4.42. The predicted octanol–water partition coefficient (Wildman–Crippen LogP) is 4.64. The first-order valence-corrected chi connectivity index (χ1v) is 8.17. The van der Waals surface area contributed by atoms with E-state index in [1.807, 2.05) is 24.3 Å². The normalized spacial score (nSPS) is 25.5. The molecule has 1 atom stereocenters. The Morgan fingerprint density at radius 3 is 2.43 bits per heavy atom. The highest BCUT2D eigenvalue weighted by molar-refractivity contribution is 6.00. The van der Waals surface area contributed by atoms with E-state index < -0.39 is 0 Å². The summed E-state index contributed by atoms with van der Waals surface area (Å²) in [7, 11) is 1.67. The summed E-state index contributed by atoms with van der Waals surface area (Å²) in [5.41, 5.74) is 2.20. The van der Waals surface area contributed by atoms with Crippen LogP contribution in [0.4, 0.5) is 0 Å². The second-order valence-electron chi connectivity index (χ2n) is 6.34. The van der Waals surface area contributed by atoms with E-state index >= 15 is 0 Å². The fourth-order valence-electron chi connectivity index (χ4n) is 3.91. The Balaban J connectivity index is 1.86. The van der Waals surface area contributed by atoms with Gasteiger partial charge in [0.2, 0.25) is 0 Å². The van der Waals surface area contributed by atoms with Gasteiger partial charge in [-0.15, -0.1) is 0 Å². The third kappa shape index (κ3) is 3.20. The zero-order chi connectivity index (χ0) is 14.7. The molecule has 1 aromatic carbocycles. The lowest BCUT2D eigenvalue weighted by atomic mass is 9.74. The summed E-state index contributed by atoms with van der Waals surface area (Å²) in [6, 6.07) is 8.01. The molecule has 0 saturated heterocycles. The Morgan fingerprint density at radius 1 is 1.05 bits per heavy atom. The molecule has 2 heteroatoms. The van der Waals surface area contributed by atoms with Gasteiger partial charge in [0.05, 0.1) is 7.11 Å². The molecule has 1 unspecified atom stereocenters. The summed E-state index contributed by atoms with van der Waals surface area (Å²) in [5.74, 6) is 2.46. The molecule has 112 valence electrons. The van der Waals surface area contributed by atoms with Crippen molar-refractivity contribution in [2.75, 3.05) is 7.11 Å². The van der Waals surface area contributed by atoms with Gasteiger partial charge in [0, 0.05) is 6.42 Å². The maximum atomic E-state index is 12.4. The molecular formula is C19H24O2. The number of methoxy groups -OCH3 is 1. The largest absolute Gasteiger partial charge is 0.497 e. The van der Waals surface area contributed by atoms with Gasteiger partial charge in [0.25, 0.3) is 0 Å². The molecule has 0 bridgehead atoms. The Morgan fingerprint density at radius 2 is 1.76 bits per heavy atom. The lowest BCUT2D eigenvalue weighted by molar-refractivity contribution is -0.117. The highest BCUT2D eigenvalue weighted by Crippen LogP contribution is 2.41. The molecule has 0 amide bonds. The zero-order valence-electron chi connectivity index (χ0n) is 12.8. The summed E-state index contributed by atoms with van der Waals surface area (Å²) in [6.07, 6.45) is 10.4. The van der Waals surface area contributed by atoms with Gasteiger partial charge < -0.3 is 4.74 Å². The quantitative estimate of drug-likeness (QED) is 0.756. The van der Waals surface area contributed by atoms with E-state index in [0.717, 1.165) is 35.6 Å². The number of carbonyl (C=O) groups is 1. The molecule has 0 aromatic heterocycles. The number of Topliss-reactive ketones (excluding diaryl/α,β-unsaturated/α-hetero) is 1. The zero-order valence-corrected chi connectivity index (χ0v) is 12.8. The van der Waals surface area contributed by atoms with Crippen molar-refractivity contribution in [2.24, 2.45) is 11.8 Å². The van der Waals surface area contributed by atoms with Gasteiger partial charge in [-0.2, -0.15) is 0 Å². The van der Waals surface area contributed by atoms with Crippen LogP contribution in [0.2, 0.25) is 0 Å². The van der Waals surface area contributed by atoms with E-state index in [1.54, 1.807) is 7.11 Å². The van der Waals surface area contributed by atoms with Crippen LogP contribution in [0.25, 0.3) is 6.08 Å². The number of benzene rings is 1. The van der Waals surface area contributed by atoms with Gasteiger partial charge in [-0.3, -0.25) is 4.79 Å². The molecular weight excluding hydrogens is 260 g/mol. The number of rotatable bonds is 3. The standard InChI is InChI=1S/C19H24O2/c1-21-16-11-9-14(10-12-16)13-18-17(7-4-8-19(18)20)15-5-2-3-6-15/h9-13,15,17H,2-8H2,1H3/b18-13-. The summed E-state index contributed by atoms with van der Waals surface area (Å²) in [4.78, 5) is 12.4. The first kappa shape index (κ1) is 14.4. The van der Waals surface area contributed by atoms with Crippen LogP contribution in [-0.4, -0.2) is 12.9 Å². The van der Waals surface area contributed by atoms with Crippen LogP contribution in [0, 0.1) is 11.8 Å². The van der Waals surface area contributed by atoms with Crippen LogP contribution in [0.5, 0.6) is 5.75 Å². The van der Waals surface area contributed by atoms with Crippen LogP contribution in [0.3, 0.4) is 0 Å².